The molecule has 0 bridgehead atoms. The van der Waals surface area contributed by atoms with Crippen LogP contribution in [0.4, 0.5) is 8.78 Å². The quantitative estimate of drug-likeness (QED) is 0.678. The van der Waals surface area contributed by atoms with E-state index in [2.05, 4.69) is 4.98 Å². The summed E-state index contributed by atoms with van der Waals surface area (Å²) in [5.41, 5.74) is 1.51. The third-order valence-electron chi connectivity index (χ3n) is 2.36. The second-order valence-corrected chi connectivity index (χ2v) is 3.90. The van der Waals surface area contributed by atoms with E-state index in [0.29, 0.717) is 12.1 Å². The van der Waals surface area contributed by atoms with E-state index >= 15 is 0 Å². The Hall–Kier alpha value is -1.03. The van der Waals surface area contributed by atoms with Gasteiger partial charge < -0.3 is 0 Å². The molecule has 1 aliphatic rings. The number of fused-ring (bicyclic) bond motifs is 1. The van der Waals surface area contributed by atoms with Crippen molar-refractivity contribution in [3.8, 4) is 0 Å². The van der Waals surface area contributed by atoms with Crippen molar-refractivity contribution in [1.82, 2.24) is 9.88 Å². The first kappa shape index (κ1) is 13.0. The summed E-state index contributed by atoms with van der Waals surface area (Å²) in [6.45, 7) is 6.18. The molecule has 2 heterocycles. The molecule has 0 spiro atoms. The van der Waals surface area contributed by atoms with Crippen molar-refractivity contribution in [2.75, 3.05) is 13.6 Å². The summed E-state index contributed by atoms with van der Waals surface area (Å²) in [7, 11) is 1.69. The Morgan fingerprint density at radius 3 is 2.62 bits per heavy atom. The third-order valence-corrected chi connectivity index (χ3v) is 2.36. The first-order chi connectivity index (χ1) is 7.49. The van der Waals surface area contributed by atoms with Crippen LogP contribution in [0.15, 0.2) is 12.3 Å². The number of likely N-dealkylation sites (N-methyl/N-ethyl adjacent to an activating group) is 1. The predicted octanol–water partition coefficient (Wildman–Crippen LogP) is 2.95. The molecule has 1 aromatic heterocycles. The van der Waals surface area contributed by atoms with Gasteiger partial charge in [0.25, 0.3) is 0 Å². The van der Waals surface area contributed by atoms with Crippen molar-refractivity contribution < 1.29 is 8.78 Å². The number of aromatic nitrogens is 1. The van der Waals surface area contributed by atoms with Gasteiger partial charge in [0.1, 0.15) is 5.69 Å². The normalized spacial score (nSPS) is 18.4. The molecule has 0 saturated carbocycles. The lowest BCUT2D eigenvalue weighted by Gasteiger charge is -2.30. The molecule has 1 aliphatic heterocycles. The molecule has 16 heavy (non-hydrogen) atoms. The van der Waals surface area contributed by atoms with Gasteiger partial charge in [0.05, 0.1) is 6.54 Å². The van der Waals surface area contributed by atoms with Gasteiger partial charge in [0.2, 0.25) is 0 Å². The average molecular weight is 228 g/mol. The van der Waals surface area contributed by atoms with E-state index in [1.165, 1.54) is 6.20 Å². The van der Waals surface area contributed by atoms with Crippen molar-refractivity contribution >= 4 is 0 Å². The zero-order valence-corrected chi connectivity index (χ0v) is 10.2. The van der Waals surface area contributed by atoms with Crippen molar-refractivity contribution in [1.29, 1.82) is 0 Å². The summed E-state index contributed by atoms with van der Waals surface area (Å²) in [6.07, 6.45) is 1.50. The topological polar surface area (TPSA) is 16.1 Å². The Morgan fingerprint density at radius 2 is 2.00 bits per heavy atom. The lowest BCUT2D eigenvalue weighted by atomic mass is 10.0. The lowest BCUT2D eigenvalue weighted by molar-refractivity contribution is -0.0497. The summed E-state index contributed by atoms with van der Waals surface area (Å²) in [5.74, 6) is -2.81. The van der Waals surface area contributed by atoms with Crippen LogP contribution in [0.1, 0.15) is 30.7 Å². The van der Waals surface area contributed by atoms with Gasteiger partial charge in [-0.3, -0.25) is 9.88 Å². The first-order valence-electron chi connectivity index (χ1n) is 5.51. The second-order valence-electron chi connectivity index (χ2n) is 3.90. The summed E-state index contributed by atoms with van der Waals surface area (Å²) in [5, 5.41) is 0. The Bertz CT molecular complexity index is 364. The van der Waals surface area contributed by atoms with Crippen molar-refractivity contribution in [3.05, 3.63) is 29.1 Å². The van der Waals surface area contributed by atoms with Crippen LogP contribution in [-0.4, -0.2) is 23.5 Å². The molecule has 0 N–H and O–H groups in total. The molecule has 4 heteroatoms. The number of nitrogens with zero attached hydrogens (tertiary/aromatic N) is 2. The average Bonchev–Trinajstić information content (AvgIpc) is 2.18. The van der Waals surface area contributed by atoms with E-state index in [-0.39, 0.29) is 12.2 Å². The molecule has 0 atom stereocenters. The van der Waals surface area contributed by atoms with E-state index in [0.717, 1.165) is 5.56 Å². The fourth-order valence-corrected chi connectivity index (χ4v) is 1.84. The summed E-state index contributed by atoms with van der Waals surface area (Å²) < 4.78 is 27.0. The minimum atomic E-state index is -2.81. The van der Waals surface area contributed by atoms with E-state index in [9.17, 15) is 8.78 Å². The summed E-state index contributed by atoms with van der Waals surface area (Å²) >= 11 is 0. The number of halogens is 2. The number of hydrogen-bond acceptors (Lipinski definition) is 2. The van der Waals surface area contributed by atoms with Crippen LogP contribution in [0.3, 0.4) is 0 Å². The van der Waals surface area contributed by atoms with E-state index in [1.807, 2.05) is 20.8 Å². The molecule has 2 rings (SSSR count). The van der Waals surface area contributed by atoms with E-state index in [1.54, 1.807) is 18.0 Å². The van der Waals surface area contributed by atoms with Crippen LogP contribution in [0.2, 0.25) is 0 Å². The number of hydrogen-bond donors (Lipinski definition) is 0. The molecule has 0 fully saturated rings. The number of rotatable bonds is 0. The monoisotopic (exact) mass is 228 g/mol. The lowest BCUT2D eigenvalue weighted by Crippen LogP contribution is -2.38. The maximum absolute atomic E-state index is 13.5. The summed E-state index contributed by atoms with van der Waals surface area (Å²) in [6, 6.07) is 1.78. The molecule has 0 saturated heterocycles. The molecule has 90 valence electrons. The minimum absolute atomic E-state index is 0.0544. The first-order valence-corrected chi connectivity index (χ1v) is 5.51. The van der Waals surface area contributed by atoms with Crippen LogP contribution in [0.5, 0.6) is 0 Å². The number of pyridine rings is 1. The van der Waals surface area contributed by atoms with Crippen LogP contribution < -0.4 is 0 Å². The Labute approximate surface area is 95.3 Å². The second kappa shape index (κ2) is 4.87. The molecule has 0 unspecified atom stereocenters. The zero-order valence-electron chi connectivity index (χ0n) is 10.2. The maximum Gasteiger partial charge on any atom is 0.302 e. The van der Waals surface area contributed by atoms with Gasteiger partial charge in [-0.05, 0) is 25.1 Å². The molecule has 0 amide bonds. The Balaban J connectivity index is 0.000000606. The number of alkyl halides is 2. The van der Waals surface area contributed by atoms with Gasteiger partial charge in [-0.1, -0.05) is 19.9 Å². The maximum atomic E-state index is 13.5. The van der Waals surface area contributed by atoms with Gasteiger partial charge in [-0.15, -0.1) is 0 Å². The highest BCUT2D eigenvalue weighted by atomic mass is 19.3. The van der Waals surface area contributed by atoms with Crippen molar-refractivity contribution in [2.45, 2.75) is 33.2 Å². The summed E-state index contributed by atoms with van der Waals surface area (Å²) in [4.78, 5) is 5.44. The highest BCUT2D eigenvalue weighted by molar-refractivity contribution is 5.29. The van der Waals surface area contributed by atoms with Crippen molar-refractivity contribution in [3.63, 3.8) is 0 Å². The molecule has 2 nitrogen and oxygen atoms in total. The standard InChI is InChI=1S/C10H12F2N2.C2H6/c1-7-3-8-5-14(2)6-10(11,12)9(8)13-4-7;1-2/h3-4H,5-6H2,1-2H3;1-2H3. The molecule has 1 aromatic rings. The van der Waals surface area contributed by atoms with E-state index in [4.69, 9.17) is 0 Å². The fraction of sp³-hybridized carbons (Fsp3) is 0.583. The molecular weight excluding hydrogens is 210 g/mol. The minimum Gasteiger partial charge on any atom is -0.296 e. The highest BCUT2D eigenvalue weighted by Crippen LogP contribution is 2.34. The zero-order chi connectivity index (χ0) is 12.3. The highest BCUT2D eigenvalue weighted by Gasteiger charge is 2.40. The van der Waals surface area contributed by atoms with Gasteiger partial charge in [-0.2, -0.15) is 8.78 Å². The Morgan fingerprint density at radius 1 is 1.38 bits per heavy atom. The SMILES string of the molecule is CC.Cc1cnc2c(c1)CN(C)CC2(F)F. The molecule has 0 aliphatic carbocycles. The predicted molar refractivity (Wildman–Crippen MR) is 60.6 cm³/mol. The van der Waals surface area contributed by atoms with Gasteiger partial charge in [-0.25, -0.2) is 0 Å². The van der Waals surface area contributed by atoms with Gasteiger partial charge in [0, 0.05) is 12.7 Å². The third kappa shape index (κ3) is 2.55. The van der Waals surface area contributed by atoms with Crippen LogP contribution in [-0.2, 0) is 12.5 Å². The van der Waals surface area contributed by atoms with Crippen LogP contribution in [0, 0.1) is 6.92 Å². The van der Waals surface area contributed by atoms with E-state index < -0.39 is 5.92 Å². The largest absolute Gasteiger partial charge is 0.302 e. The molecule has 0 radical (unpaired) electrons. The van der Waals surface area contributed by atoms with Gasteiger partial charge in [0.15, 0.2) is 0 Å². The smallest absolute Gasteiger partial charge is 0.296 e. The molecule has 0 aromatic carbocycles. The molecular formula is C12H18F2N2. The van der Waals surface area contributed by atoms with Crippen LogP contribution in [0.25, 0.3) is 0 Å². The van der Waals surface area contributed by atoms with Crippen molar-refractivity contribution in [2.24, 2.45) is 0 Å². The van der Waals surface area contributed by atoms with Crippen LogP contribution >= 0.6 is 0 Å². The fourth-order valence-electron chi connectivity index (χ4n) is 1.84. The Kier molecular flexibility index (Phi) is 3.97. The number of aryl methyl sites for hydroxylation is 1. The van der Waals surface area contributed by atoms with Gasteiger partial charge >= 0.3 is 5.92 Å².